The second-order valence-corrected chi connectivity index (χ2v) is 7.98. The van der Waals surface area contributed by atoms with Gasteiger partial charge in [-0.3, -0.25) is 19.3 Å². The van der Waals surface area contributed by atoms with E-state index in [4.69, 9.17) is 9.15 Å². The molecule has 2 fully saturated rings. The lowest BCUT2D eigenvalue weighted by Crippen LogP contribution is -2.58. The number of furan rings is 1. The normalized spacial score (nSPS) is 22.0. The Morgan fingerprint density at radius 2 is 2.14 bits per heavy atom. The summed E-state index contributed by atoms with van der Waals surface area (Å²) in [5.41, 5.74) is 0.401. The summed E-state index contributed by atoms with van der Waals surface area (Å²) in [6.07, 6.45) is 8.05. The minimum absolute atomic E-state index is 0.0638. The lowest BCUT2D eigenvalue weighted by molar-refractivity contribution is -0.146. The SMILES string of the molecule is CCOC(=O)CC1(NC(=O)CC2C(=O)NCCN2Cc2ccoc2)CCCCC1. The summed E-state index contributed by atoms with van der Waals surface area (Å²) >= 11 is 0. The highest BCUT2D eigenvalue weighted by Gasteiger charge is 2.38. The number of esters is 1. The van der Waals surface area contributed by atoms with Crippen LogP contribution in [-0.2, 0) is 25.7 Å². The average molecular weight is 405 g/mol. The fraction of sp³-hybridized carbons (Fsp3) is 0.667. The second kappa shape index (κ2) is 9.91. The number of carbonyl (C=O) groups is 3. The molecule has 1 aliphatic heterocycles. The first kappa shape index (κ1) is 21.4. The molecule has 1 aliphatic carbocycles. The van der Waals surface area contributed by atoms with Crippen LogP contribution in [0.2, 0.25) is 0 Å². The van der Waals surface area contributed by atoms with E-state index in [0.29, 0.717) is 26.2 Å². The smallest absolute Gasteiger partial charge is 0.308 e. The van der Waals surface area contributed by atoms with Crippen LogP contribution in [0.3, 0.4) is 0 Å². The molecule has 2 N–H and O–H groups in total. The van der Waals surface area contributed by atoms with E-state index in [1.165, 1.54) is 0 Å². The molecule has 3 rings (SSSR count). The molecule has 1 aromatic heterocycles. The number of piperazine rings is 1. The van der Waals surface area contributed by atoms with E-state index < -0.39 is 11.6 Å². The zero-order valence-electron chi connectivity index (χ0n) is 17.1. The highest BCUT2D eigenvalue weighted by Crippen LogP contribution is 2.32. The van der Waals surface area contributed by atoms with Gasteiger partial charge in [0, 0.05) is 25.2 Å². The minimum atomic E-state index is -0.567. The molecule has 8 heteroatoms. The van der Waals surface area contributed by atoms with Crippen molar-refractivity contribution in [2.45, 2.75) is 70.0 Å². The van der Waals surface area contributed by atoms with Gasteiger partial charge in [0.25, 0.3) is 0 Å². The third kappa shape index (κ3) is 5.82. The third-order valence-corrected chi connectivity index (χ3v) is 5.79. The van der Waals surface area contributed by atoms with Crippen LogP contribution in [0.25, 0.3) is 0 Å². The van der Waals surface area contributed by atoms with Gasteiger partial charge in [0.15, 0.2) is 0 Å². The lowest BCUT2D eigenvalue weighted by atomic mass is 9.79. The maximum Gasteiger partial charge on any atom is 0.308 e. The van der Waals surface area contributed by atoms with Gasteiger partial charge in [-0.05, 0) is 25.8 Å². The van der Waals surface area contributed by atoms with Gasteiger partial charge in [0.1, 0.15) is 0 Å². The van der Waals surface area contributed by atoms with Gasteiger partial charge in [-0.15, -0.1) is 0 Å². The Kier molecular flexibility index (Phi) is 7.30. The lowest BCUT2D eigenvalue weighted by Gasteiger charge is -2.39. The molecule has 0 spiro atoms. The number of amides is 2. The zero-order chi connectivity index (χ0) is 20.7. The Morgan fingerprint density at radius 3 is 2.83 bits per heavy atom. The molecule has 0 bridgehead atoms. The Morgan fingerprint density at radius 1 is 1.34 bits per heavy atom. The van der Waals surface area contributed by atoms with Crippen molar-refractivity contribution < 1.29 is 23.5 Å². The maximum atomic E-state index is 12.9. The molecule has 1 saturated heterocycles. The highest BCUT2D eigenvalue weighted by atomic mass is 16.5. The quantitative estimate of drug-likeness (QED) is 0.639. The summed E-state index contributed by atoms with van der Waals surface area (Å²) in [6.45, 7) is 3.88. The van der Waals surface area contributed by atoms with Crippen molar-refractivity contribution in [3.05, 3.63) is 24.2 Å². The van der Waals surface area contributed by atoms with Crippen molar-refractivity contribution in [2.75, 3.05) is 19.7 Å². The van der Waals surface area contributed by atoms with Gasteiger partial charge in [-0.2, -0.15) is 0 Å². The van der Waals surface area contributed by atoms with Crippen LogP contribution in [0.1, 0.15) is 57.4 Å². The first-order valence-corrected chi connectivity index (χ1v) is 10.5. The van der Waals surface area contributed by atoms with Crippen LogP contribution in [-0.4, -0.2) is 54.0 Å². The average Bonchev–Trinajstić information content (AvgIpc) is 3.18. The van der Waals surface area contributed by atoms with Gasteiger partial charge < -0.3 is 19.8 Å². The molecule has 1 unspecified atom stereocenters. The summed E-state index contributed by atoms with van der Waals surface area (Å²) in [5, 5.41) is 5.96. The summed E-state index contributed by atoms with van der Waals surface area (Å²) < 4.78 is 10.2. The fourth-order valence-electron chi connectivity index (χ4n) is 4.38. The van der Waals surface area contributed by atoms with Crippen molar-refractivity contribution in [2.24, 2.45) is 0 Å². The first-order chi connectivity index (χ1) is 14.0. The van der Waals surface area contributed by atoms with Crippen LogP contribution in [0, 0.1) is 0 Å². The molecule has 160 valence electrons. The first-order valence-electron chi connectivity index (χ1n) is 10.5. The number of ether oxygens (including phenoxy) is 1. The fourth-order valence-corrected chi connectivity index (χ4v) is 4.38. The van der Waals surface area contributed by atoms with E-state index in [2.05, 4.69) is 10.6 Å². The number of hydrogen-bond acceptors (Lipinski definition) is 6. The largest absolute Gasteiger partial charge is 0.472 e. The van der Waals surface area contributed by atoms with Crippen LogP contribution < -0.4 is 10.6 Å². The molecule has 29 heavy (non-hydrogen) atoms. The van der Waals surface area contributed by atoms with Crippen LogP contribution in [0.4, 0.5) is 0 Å². The van der Waals surface area contributed by atoms with Gasteiger partial charge in [-0.1, -0.05) is 19.3 Å². The maximum absolute atomic E-state index is 12.9. The number of rotatable bonds is 8. The molecule has 1 atom stereocenters. The van der Waals surface area contributed by atoms with Crippen LogP contribution in [0.15, 0.2) is 23.0 Å². The van der Waals surface area contributed by atoms with Crippen LogP contribution >= 0.6 is 0 Å². The van der Waals surface area contributed by atoms with E-state index in [9.17, 15) is 14.4 Å². The molecular formula is C21H31N3O5. The molecule has 0 aromatic carbocycles. The standard InChI is InChI=1S/C21H31N3O5/c1-2-29-19(26)13-21(7-4-3-5-8-21)23-18(25)12-17-20(27)22-9-10-24(17)14-16-6-11-28-15-16/h6,11,15,17H,2-5,7-10,12-14H2,1H3,(H,22,27)(H,23,25). The van der Waals surface area contributed by atoms with Crippen molar-refractivity contribution >= 4 is 17.8 Å². The summed E-state index contributed by atoms with van der Waals surface area (Å²) in [5.74, 6) is -0.625. The third-order valence-electron chi connectivity index (χ3n) is 5.79. The van der Waals surface area contributed by atoms with E-state index in [0.717, 1.165) is 37.7 Å². The predicted octanol–water partition coefficient (Wildman–Crippen LogP) is 1.74. The Hall–Kier alpha value is -2.35. The summed E-state index contributed by atoms with van der Waals surface area (Å²) in [4.78, 5) is 39.5. The van der Waals surface area contributed by atoms with E-state index in [-0.39, 0.29) is 30.6 Å². The van der Waals surface area contributed by atoms with Gasteiger partial charge >= 0.3 is 5.97 Å². The van der Waals surface area contributed by atoms with Crippen molar-refractivity contribution in [1.82, 2.24) is 15.5 Å². The zero-order valence-corrected chi connectivity index (χ0v) is 17.1. The van der Waals surface area contributed by atoms with E-state index in [1.807, 2.05) is 11.0 Å². The molecule has 1 saturated carbocycles. The number of hydrogen-bond donors (Lipinski definition) is 2. The molecule has 2 amide bonds. The topological polar surface area (TPSA) is 101 Å². The summed E-state index contributed by atoms with van der Waals surface area (Å²) in [6, 6.07) is 1.32. The number of nitrogens with one attached hydrogen (secondary N) is 2. The number of carbonyl (C=O) groups excluding carboxylic acids is 3. The minimum Gasteiger partial charge on any atom is -0.472 e. The van der Waals surface area contributed by atoms with Gasteiger partial charge in [0.2, 0.25) is 11.8 Å². The Balaban J connectivity index is 1.65. The van der Waals surface area contributed by atoms with Crippen molar-refractivity contribution in [3.63, 3.8) is 0 Å². The van der Waals surface area contributed by atoms with Crippen LogP contribution in [0.5, 0.6) is 0 Å². The summed E-state index contributed by atoms with van der Waals surface area (Å²) in [7, 11) is 0. The van der Waals surface area contributed by atoms with Gasteiger partial charge in [-0.25, -0.2) is 0 Å². The predicted molar refractivity (Wildman–Crippen MR) is 106 cm³/mol. The molecular weight excluding hydrogens is 374 g/mol. The second-order valence-electron chi connectivity index (χ2n) is 7.98. The van der Waals surface area contributed by atoms with E-state index in [1.54, 1.807) is 19.5 Å². The molecule has 1 aromatic rings. The van der Waals surface area contributed by atoms with Crippen molar-refractivity contribution in [1.29, 1.82) is 0 Å². The molecule has 2 aliphatic rings. The van der Waals surface area contributed by atoms with E-state index >= 15 is 0 Å². The Bertz CT molecular complexity index is 697. The number of nitrogens with zero attached hydrogens (tertiary/aromatic N) is 1. The molecule has 0 radical (unpaired) electrons. The monoisotopic (exact) mass is 405 g/mol. The molecule has 2 heterocycles. The molecule has 8 nitrogen and oxygen atoms in total. The van der Waals surface area contributed by atoms with Crippen molar-refractivity contribution in [3.8, 4) is 0 Å². The van der Waals surface area contributed by atoms with Gasteiger partial charge in [0.05, 0.1) is 43.6 Å². The highest BCUT2D eigenvalue weighted by molar-refractivity contribution is 5.89. The Labute approximate surface area is 171 Å².